The Morgan fingerprint density at radius 1 is 1.12 bits per heavy atom. The minimum Gasteiger partial charge on any atom is -0.389 e. The fourth-order valence-electron chi connectivity index (χ4n) is 5.92. The lowest BCUT2D eigenvalue weighted by molar-refractivity contribution is -0.0813. The highest BCUT2D eigenvalue weighted by Gasteiger charge is 2.61. The fourth-order valence-corrected chi connectivity index (χ4v) is 5.92. The van der Waals surface area contributed by atoms with Crippen molar-refractivity contribution >= 4 is 0 Å². The lowest BCUT2D eigenvalue weighted by Crippen LogP contribution is -2.44. The topological polar surface area (TPSA) is 32.7 Å². The van der Waals surface area contributed by atoms with E-state index < -0.39 is 0 Å². The highest BCUT2D eigenvalue weighted by atomic mass is 16.5. The van der Waals surface area contributed by atoms with Crippen LogP contribution >= 0.6 is 0 Å². The van der Waals surface area contributed by atoms with Crippen LogP contribution < -0.4 is 0 Å². The van der Waals surface area contributed by atoms with Crippen LogP contribution in [0.3, 0.4) is 0 Å². The van der Waals surface area contributed by atoms with Crippen LogP contribution in [0.15, 0.2) is 0 Å². The van der Waals surface area contributed by atoms with Gasteiger partial charge in [0.25, 0.3) is 0 Å². The molecule has 3 rings (SSSR count). The molecule has 0 saturated heterocycles. The van der Waals surface area contributed by atoms with Crippen molar-refractivity contribution in [1.82, 2.24) is 4.90 Å². The van der Waals surface area contributed by atoms with Crippen molar-refractivity contribution in [3.63, 3.8) is 0 Å². The minimum atomic E-state index is -0.349. The molecule has 1 N–H and O–H groups in total. The van der Waals surface area contributed by atoms with Crippen LogP contribution in [-0.2, 0) is 4.74 Å². The van der Waals surface area contributed by atoms with E-state index in [1.165, 1.54) is 51.4 Å². The molecule has 3 aliphatic rings. The van der Waals surface area contributed by atoms with E-state index in [4.69, 9.17) is 4.74 Å². The maximum Gasteiger partial charge on any atom is 0.0900 e. The van der Waals surface area contributed by atoms with Crippen LogP contribution in [0, 0.1) is 16.7 Å². The Labute approximate surface area is 149 Å². The maximum absolute atomic E-state index is 10.6. The predicted molar refractivity (Wildman–Crippen MR) is 99.1 cm³/mol. The Balaban J connectivity index is 1.48. The van der Waals surface area contributed by atoms with Crippen molar-refractivity contribution in [2.75, 3.05) is 19.7 Å². The fraction of sp³-hybridized carbons (Fsp3) is 1.00. The molecule has 3 heteroatoms. The Kier molecular flexibility index (Phi) is 5.64. The summed E-state index contributed by atoms with van der Waals surface area (Å²) in [5.74, 6) is 0.805. The van der Waals surface area contributed by atoms with Crippen LogP contribution in [0.4, 0.5) is 0 Å². The van der Waals surface area contributed by atoms with E-state index >= 15 is 0 Å². The molecule has 0 spiro atoms. The van der Waals surface area contributed by atoms with E-state index in [0.29, 0.717) is 29.6 Å². The summed E-state index contributed by atoms with van der Waals surface area (Å²) in [7, 11) is 0. The third kappa shape index (κ3) is 3.29. The Hall–Kier alpha value is -0.120. The normalized spacial score (nSPS) is 37.2. The molecule has 3 nitrogen and oxygen atoms in total. The molecule has 140 valence electrons. The second-order valence-corrected chi connectivity index (χ2v) is 9.47. The Morgan fingerprint density at radius 3 is 2.38 bits per heavy atom. The number of fused-ring (bicyclic) bond motifs is 2. The number of hydrogen-bond acceptors (Lipinski definition) is 3. The number of aliphatic hydroxyl groups excluding tert-OH is 1. The summed E-state index contributed by atoms with van der Waals surface area (Å²) in [6.07, 6.45) is 10.5. The zero-order valence-corrected chi connectivity index (χ0v) is 16.4. The summed E-state index contributed by atoms with van der Waals surface area (Å²) >= 11 is 0. The van der Waals surface area contributed by atoms with Crippen molar-refractivity contribution in [1.29, 1.82) is 0 Å². The van der Waals surface area contributed by atoms with Gasteiger partial charge < -0.3 is 9.84 Å². The first kappa shape index (κ1) is 18.7. The Bertz CT molecular complexity index is 418. The highest BCUT2D eigenvalue weighted by molar-refractivity contribution is 5.11. The summed E-state index contributed by atoms with van der Waals surface area (Å²) in [5.41, 5.74) is 0.686. The molecule has 3 fully saturated rings. The third-order valence-corrected chi connectivity index (χ3v) is 8.15. The smallest absolute Gasteiger partial charge is 0.0900 e. The Morgan fingerprint density at radius 2 is 1.83 bits per heavy atom. The van der Waals surface area contributed by atoms with Gasteiger partial charge in [-0.05, 0) is 55.4 Å². The van der Waals surface area contributed by atoms with Gasteiger partial charge in [-0.25, -0.2) is 0 Å². The lowest BCUT2D eigenvalue weighted by atomic mass is 9.70. The van der Waals surface area contributed by atoms with E-state index in [9.17, 15) is 5.11 Å². The van der Waals surface area contributed by atoms with Gasteiger partial charge in [-0.2, -0.15) is 0 Å². The van der Waals surface area contributed by atoms with Crippen LogP contribution in [0.2, 0.25) is 0 Å². The molecular formula is C21H39NO2. The van der Waals surface area contributed by atoms with E-state index in [-0.39, 0.29) is 6.10 Å². The molecule has 0 aromatic rings. The van der Waals surface area contributed by atoms with Crippen molar-refractivity contribution in [3.05, 3.63) is 0 Å². The molecule has 4 atom stereocenters. The van der Waals surface area contributed by atoms with E-state index in [1.54, 1.807) is 0 Å². The van der Waals surface area contributed by atoms with Gasteiger partial charge in [-0.1, -0.05) is 47.0 Å². The summed E-state index contributed by atoms with van der Waals surface area (Å²) in [6, 6.07) is 0.678. The van der Waals surface area contributed by atoms with Crippen molar-refractivity contribution in [3.8, 4) is 0 Å². The third-order valence-electron chi connectivity index (χ3n) is 8.15. The molecule has 3 aliphatic carbocycles. The molecule has 0 aromatic heterocycles. The standard InChI is InChI=1S/C21H39NO2/c1-5-22(17-9-7-6-8-10-17)14-18(23)15-24-19-13-16-11-12-21(19,4)20(16,2)3/h16-19,23H,5-15H2,1-4H3/t16-,18-,19+,21-/m1/s1. The zero-order chi connectivity index (χ0) is 17.4. The van der Waals surface area contributed by atoms with Crippen molar-refractivity contribution in [2.45, 2.75) is 97.3 Å². The summed E-state index contributed by atoms with van der Waals surface area (Å²) in [5, 5.41) is 10.6. The molecule has 3 saturated carbocycles. The molecule has 0 aromatic carbocycles. The number of nitrogens with zero attached hydrogens (tertiary/aromatic N) is 1. The predicted octanol–water partition coefficient (Wildman–Crippen LogP) is 4.23. The molecule has 2 bridgehead atoms. The van der Waals surface area contributed by atoms with Gasteiger partial charge in [-0.3, -0.25) is 4.90 Å². The average molecular weight is 338 g/mol. The summed E-state index contributed by atoms with van der Waals surface area (Å²) in [6.45, 7) is 11.8. The number of rotatable bonds is 7. The van der Waals surface area contributed by atoms with Crippen molar-refractivity contribution in [2.24, 2.45) is 16.7 Å². The van der Waals surface area contributed by atoms with Crippen LogP contribution in [0.25, 0.3) is 0 Å². The van der Waals surface area contributed by atoms with Crippen LogP contribution in [0.5, 0.6) is 0 Å². The van der Waals surface area contributed by atoms with Crippen molar-refractivity contribution < 1.29 is 9.84 Å². The molecule has 0 aliphatic heterocycles. The number of ether oxygens (including phenoxy) is 1. The summed E-state index contributed by atoms with van der Waals surface area (Å²) < 4.78 is 6.29. The largest absolute Gasteiger partial charge is 0.389 e. The van der Waals surface area contributed by atoms with Crippen LogP contribution in [-0.4, -0.2) is 48.0 Å². The molecule has 0 amide bonds. The first-order chi connectivity index (χ1) is 11.4. The number of hydrogen-bond donors (Lipinski definition) is 1. The molecule has 0 radical (unpaired) electrons. The number of likely N-dealkylation sites (N-methyl/N-ethyl adjacent to an activating group) is 1. The SMILES string of the molecule is CCN(C[C@@H](O)CO[C@H]1C[C@H]2CC[C@@]1(C)C2(C)C)C1CCCCC1. The monoisotopic (exact) mass is 337 g/mol. The molecule has 24 heavy (non-hydrogen) atoms. The first-order valence-corrected chi connectivity index (χ1v) is 10.4. The second kappa shape index (κ2) is 7.25. The molecule has 0 heterocycles. The van der Waals surface area contributed by atoms with Gasteiger partial charge in [0.1, 0.15) is 0 Å². The van der Waals surface area contributed by atoms with Gasteiger partial charge in [-0.15, -0.1) is 0 Å². The van der Waals surface area contributed by atoms with Gasteiger partial charge in [0.05, 0.1) is 18.8 Å². The molecular weight excluding hydrogens is 298 g/mol. The van der Waals surface area contributed by atoms with E-state index in [2.05, 4.69) is 32.6 Å². The minimum absolute atomic E-state index is 0.297. The van der Waals surface area contributed by atoms with Crippen LogP contribution in [0.1, 0.15) is 79.1 Å². The average Bonchev–Trinajstić information content (AvgIpc) is 2.91. The number of aliphatic hydroxyl groups is 1. The van der Waals surface area contributed by atoms with Gasteiger partial charge in [0.2, 0.25) is 0 Å². The van der Waals surface area contributed by atoms with Gasteiger partial charge >= 0.3 is 0 Å². The van der Waals surface area contributed by atoms with E-state index in [0.717, 1.165) is 19.0 Å². The lowest BCUT2D eigenvalue weighted by Gasteiger charge is -2.39. The zero-order valence-electron chi connectivity index (χ0n) is 16.4. The highest BCUT2D eigenvalue weighted by Crippen LogP contribution is 2.66. The quantitative estimate of drug-likeness (QED) is 0.754. The van der Waals surface area contributed by atoms with E-state index in [1.807, 2.05) is 0 Å². The second-order valence-electron chi connectivity index (χ2n) is 9.47. The van der Waals surface area contributed by atoms with Gasteiger partial charge in [0.15, 0.2) is 0 Å². The summed E-state index contributed by atoms with van der Waals surface area (Å²) in [4.78, 5) is 2.49. The first-order valence-electron chi connectivity index (χ1n) is 10.4. The molecule has 0 unspecified atom stereocenters. The maximum atomic E-state index is 10.6. The van der Waals surface area contributed by atoms with Gasteiger partial charge in [0, 0.05) is 12.6 Å².